The Morgan fingerprint density at radius 1 is 1.50 bits per heavy atom. The van der Waals surface area contributed by atoms with Crippen LogP contribution in [-0.2, 0) is 11.8 Å². The zero-order valence-corrected chi connectivity index (χ0v) is 14.3. The summed E-state index contributed by atoms with van der Waals surface area (Å²) in [6.45, 7) is 1.86. The number of carbonyl (C=O) groups is 1. The zero-order chi connectivity index (χ0) is 15.7. The maximum Gasteiger partial charge on any atom is 0.271 e. The van der Waals surface area contributed by atoms with Crippen LogP contribution in [0.2, 0.25) is 0 Å². The Kier molecular flexibility index (Phi) is 4.54. The van der Waals surface area contributed by atoms with Crippen molar-refractivity contribution in [2.24, 2.45) is 7.05 Å². The van der Waals surface area contributed by atoms with Gasteiger partial charge < -0.3 is 5.32 Å². The summed E-state index contributed by atoms with van der Waals surface area (Å²) in [4.78, 5) is 29.0. The Labute approximate surface area is 137 Å². The lowest BCUT2D eigenvalue weighted by Gasteiger charge is -2.16. The van der Waals surface area contributed by atoms with Crippen molar-refractivity contribution in [1.82, 2.24) is 14.9 Å². The van der Waals surface area contributed by atoms with Crippen LogP contribution in [0.4, 0.5) is 0 Å². The Balaban J connectivity index is 1.75. The molecule has 2 aromatic heterocycles. The largest absolute Gasteiger partial charge is 0.352 e. The van der Waals surface area contributed by atoms with Crippen LogP contribution in [0.15, 0.2) is 21.4 Å². The zero-order valence-electron chi connectivity index (χ0n) is 12.7. The van der Waals surface area contributed by atoms with Gasteiger partial charge in [0.15, 0.2) is 5.16 Å². The fourth-order valence-electron chi connectivity index (χ4n) is 2.67. The van der Waals surface area contributed by atoms with Gasteiger partial charge in [0.1, 0.15) is 4.70 Å². The van der Waals surface area contributed by atoms with Crippen LogP contribution in [0.5, 0.6) is 0 Å². The Bertz CT molecular complexity index is 747. The van der Waals surface area contributed by atoms with Crippen molar-refractivity contribution in [3.05, 3.63) is 21.8 Å². The average Bonchev–Trinajstić information content (AvgIpc) is 3.15. The predicted molar refractivity (Wildman–Crippen MR) is 90.6 cm³/mol. The fraction of sp³-hybridized carbons (Fsp3) is 0.533. The third kappa shape index (κ3) is 3.05. The van der Waals surface area contributed by atoms with Crippen LogP contribution in [0, 0.1) is 0 Å². The summed E-state index contributed by atoms with van der Waals surface area (Å²) in [5.74, 6) is 0.0246. The smallest absolute Gasteiger partial charge is 0.271 e. The SMILES string of the molecule is CC(Sc1nc2ccsc2c(=O)n1C)C(=O)NC1CCCC1. The van der Waals surface area contributed by atoms with Crippen molar-refractivity contribution in [2.75, 3.05) is 0 Å². The molecule has 2 heterocycles. The summed E-state index contributed by atoms with van der Waals surface area (Å²) in [6.07, 6.45) is 4.52. The van der Waals surface area contributed by atoms with Gasteiger partial charge in [0.25, 0.3) is 5.56 Å². The summed E-state index contributed by atoms with van der Waals surface area (Å²) in [5, 5.41) is 5.28. The average molecular weight is 337 g/mol. The van der Waals surface area contributed by atoms with Gasteiger partial charge in [-0.2, -0.15) is 0 Å². The lowest BCUT2D eigenvalue weighted by atomic mass is 10.2. The van der Waals surface area contributed by atoms with Gasteiger partial charge in [-0.1, -0.05) is 24.6 Å². The van der Waals surface area contributed by atoms with Gasteiger partial charge in [-0.25, -0.2) is 4.98 Å². The van der Waals surface area contributed by atoms with Crippen LogP contribution >= 0.6 is 23.1 Å². The minimum absolute atomic E-state index is 0.0246. The molecular weight excluding hydrogens is 318 g/mol. The van der Waals surface area contributed by atoms with E-state index in [2.05, 4.69) is 10.3 Å². The van der Waals surface area contributed by atoms with Gasteiger partial charge >= 0.3 is 0 Å². The van der Waals surface area contributed by atoms with Crippen LogP contribution in [0.25, 0.3) is 10.2 Å². The van der Waals surface area contributed by atoms with Crippen molar-refractivity contribution in [2.45, 2.75) is 49.1 Å². The number of nitrogens with zero attached hydrogens (tertiary/aromatic N) is 2. The number of aromatic nitrogens is 2. The number of rotatable bonds is 4. The number of amides is 1. The van der Waals surface area contributed by atoms with Gasteiger partial charge in [0.2, 0.25) is 5.91 Å². The standard InChI is InChI=1S/C15H19N3O2S2/c1-9(13(19)16-10-5-3-4-6-10)22-15-17-11-7-8-21-12(11)14(20)18(15)2/h7-10H,3-6H2,1-2H3,(H,16,19). The van der Waals surface area contributed by atoms with Crippen LogP contribution in [-0.4, -0.2) is 26.8 Å². The first-order chi connectivity index (χ1) is 10.6. The van der Waals surface area contributed by atoms with Gasteiger partial charge in [0, 0.05) is 13.1 Å². The summed E-state index contributed by atoms with van der Waals surface area (Å²) in [6, 6.07) is 2.15. The van der Waals surface area contributed by atoms with E-state index in [4.69, 9.17) is 0 Å². The number of hydrogen-bond acceptors (Lipinski definition) is 5. The minimum atomic E-state index is -0.269. The van der Waals surface area contributed by atoms with Gasteiger partial charge in [0.05, 0.1) is 10.8 Å². The molecule has 0 aliphatic heterocycles. The normalized spacial score (nSPS) is 17.0. The van der Waals surface area contributed by atoms with Gasteiger partial charge in [-0.15, -0.1) is 11.3 Å². The molecule has 0 aromatic carbocycles. The molecule has 0 radical (unpaired) electrons. The molecule has 5 nitrogen and oxygen atoms in total. The number of carbonyl (C=O) groups excluding carboxylic acids is 1. The highest BCUT2D eigenvalue weighted by Gasteiger charge is 2.22. The first-order valence-electron chi connectivity index (χ1n) is 7.47. The molecule has 1 N–H and O–H groups in total. The number of hydrogen-bond donors (Lipinski definition) is 1. The highest BCUT2D eigenvalue weighted by atomic mass is 32.2. The van der Waals surface area contributed by atoms with E-state index in [-0.39, 0.29) is 16.7 Å². The van der Waals surface area contributed by atoms with E-state index >= 15 is 0 Å². The molecule has 0 bridgehead atoms. The summed E-state index contributed by atoms with van der Waals surface area (Å²) < 4.78 is 2.19. The predicted octanol–water partition coefficient (Wildman–Crippen LogP) is 2.53. The molecular formula is C15H19N3O2S2. The molecule has 1 unspecified atom stereocenters. The second kappa shape index (κ2) is 6.42. The van der Waals surface area contributed by atoms with Gasteiger partial charge in [-0.05, 0) is 31.2 Å². The topological polar surface area (TPSA) is 64.0 Å². The molecule has 0 spiro atoms. The molecule has 1 fully saturated rings. The second-order valence-electron chi connectivity index (χ2n) is 5.64. The molecule has 1 saturated carbocycles. The highest BCUT2D eigenvalue weighted by Crippen LogP contribution is 2.24. The van der Waals surface area contributed by atoms with E-state index in [0.717, 1.165) is 12.8 Å². The maximum atomic E-state index is 12.3. The minimum Gasteiger partial charge on any atom is -0.352 e. The number of thioether (sulfide) groups is 1. The van der Waals surface area contributed by atoms with E-state index in [0.29, 0.717) is 21.4 Å². The van der Waals surface area contributed by atoms with Crippen molar-refractivity contribution < 1.29 is 4.79 Å². The third-order valence-electron chi connectivity index (χ3n) is 4.00. The molecule has 1 aliphatic rings. The highest BCUT2D eigenvalue weighted by molar-refractivity contribution is 8.00. The lowest BCUT2D eigenvalue weighted by Crippen LogP contribution is -2.38. The molecule has 1 amide bonds. The Hall–Kier alpha value is -1.34. The van der Waals surface area contributed by atoms with Crippen molar-refractivity contribution >= 4 is 39.2 Å². The first-order valence-corrected chi connectivity index (χ1v) is 9.23. The number of thiophene rings is 1. The van der Waals surface area contributed by atoms with E-state index in [9.17, 15) is 9.59 Å². The fourth-order valence-corrected chi connectivity index (χ4v) is 4.36. The van der Waals surface area contributed by atoms with Gasteiger partial charge in [-0.3, -0.25) is 14.2 Å². The third-order valence-corrected chi connectivity index (χ3v) is 6.03. The van der Waals surface area contributed by atoms with Crippen molar-refractivity contribution in [3.63, 3.8) is 0 Å². The summed E-state index contributed by atoms with van der Waals surface area (Å²) >= 11 is 2.74. The Morgan fingerprint density at radius 3 is 2.95 bits per heavy atom. The molecule has 1 aliphatic carbocycles. The molecule has 7 heteroatoms. The molecule has 2 aromatic rings. The lowest BCUT2D eigenvalue weighted by molar-refractivity contribution is -0.120. The summed E-state index contributed by atoms with van der Waals surface area (Å²) in [7, 11) is 1.71. The van der Waals surface area contributed by atoms with E-state index in [1.165, 1.54) is 40.5 Å². The van der Waals surface area contributed by atoms with Crippen molar-refractivity contribution in [1.29, 1.82) is 0 Å². The van der Waals surface area contributed by atoms with E-state index < -0.39 is 0 Å². The number of fused-ring (bicyclic) bond motifs is 1. The van der Waals surface area contributed by atoms with Crippen LogP contribution in [0.1, 0.15) is 32.6 Å². The van der Waals surface area contributed by atoms with E-state index in [1.54, 1.807) is 7.05 Å². The maximum absolute atomic E-state index is 12.3. The van der Waals surface area contributed by atoms with E-state index in [1.807, 2.05) is 18.4 Å². The molecule has 1 atom stereocenters. The quantitative estimate of drug-likeness (QED) is 0.688. The molecule has 0 saturated heterocycles. The Morgan fingerprint density at radius 2 is 2.23 bits per heavy atom. The molecule has 22 heavy (non-hydrogen) atoms. The number of nitrogens with one attached hydrogen (secondary N) is 1. The van der Waals surface area contributed by atoms with Crippen LogP contribution in [0.3, 0.4) is 0 Å². The monoisotopic (exact) mass is 337 g/mol. The second-order valence-corrected chi connectivity index (χ2v) is 7.87. The van der Waals surface area contributed by atoms with Crippen molar-refractivity contribution in [3.8, 4) is 0 Å². The first kappa shape index (κ1) is 15.6. The summed E-state index contributed by atoms with van der Waals surface area (Å²) in [5.41, 5.74) is 0.657. The molecule has 3 rings (SSSR count). The van der Waals surface area contributed by atoms with Crippen LogP contribution < -0.4 is 10.9 Å². The molecule has 118 valence electrons.